The summed E-state index contributed by atoms with van der Waals surface area (Å²) in [6.45, 7) is 8.42. The van der Waals surface area contributed by atoms with Gasteiger partial charge in [0, 0.05) is 25.0 Å². The molecule has 0 aliphatic rings. The van der Waals surface area contributed by atoms with Gasteiger partial charge < -0.3 is 15.0 Å². The zero-order valence-electron chi connectivity index (χ0n) is 9.90. The fourth-order valence-corrected chi connectivity index (χ4v) is 1.86. The maximum atomic E-state index is 8.84. The average molecular weight is 210 g/mol. The molecule has 1 aromatic rings. The number of rotatable bonds is 6. The van der Waals surface area contributed by atoms with Crippen molar-refractivity contribution in [2.24, 2.45) is 5.92 Å². The maximum absolute atomic E-state index is 8.84. The highest BCUT2D eigenvalue weighted by Crippen LogP contribution is 2.21. The number of aromatic nitrogens is 1. The molecule has 0 aliphatic carbocycles. The van der Waals surface area contributed by atoms with E-state index < -0.39 is 0 Å². The van der Waals surface area contributed by atoms with Crippen LogP contribution >= 0.6 is 0 Å². The van der Waals surface area contributed by atoms with Crippen LogP contribution in [0.3, 0.4) is 0 Å². The second kappa shape index (κ2) is 5.93. The van der Waals surface area contributed by atoms with Crippen molar-refractivity contribution in [2.75, 3.05) is 13.2 Å². The Morgan fingerprint density at radius 2 is 2.20 bits per heavy atom. The highest BCUT2D eigenvalue weighted by molar-refractivity contribution is 5.16. The lowest BCUT2D eigenvalue weighted by Crippen LogP contribution is -2.25. The van der Waals surface area contributed by atoms with Crippen LogP contribution in [0.5, 0.6) is 0 Å². The van der Waals surface area contributed by atoms with Crippen molar-refractivity contribution < 1.29 is 5.11 Å². The number of nitrogens with one attached hydrogen (secondary N) is 1. The molecule has 1 heterocycles. The molecule has 0 saturated carbocycles. The molecule has 1 unspecified atom stereocenters. The van der Waals surface area contributed by atoms with E-state index in [1.165, 1.54) is 5.56 Å². The van der Waals surface area contributed by atoms with Crippen LogP contribution in [0, 0.1) is 5.92 Å². The van der Waals surface area contributed by atoms with E-state index in [2.05, 4.69) is 38.4 Å². The van der Waals surface area contributed by atoms with Crippen molar-refractivity contribution in [3.63, 3.8) is 0 Å². The number of hydrogen-bond donors (Lipinski definition) is 2. The second-order valence-electron chi connectivity index (χ2n) is 4.19. The quantitative estimate of drug-likeness (QED) is 0.751. The van der Waals surface area contributed by atoms with E-state index in [9.17, 15) is 0 Å². The molecule has 2 N–H and O–H groups in total. The molecule has 0 fully saturated rings. The first-order chi connectivity index (χ1) is 7.19. The van der Waals surface area contributed by atoms with Crippen LogP contribution in [0.25, 0.3) is 0 Å². The van der Waals surface area contributed by atoms with Gasteiger partial charge in [0.2, 0.25) is 0 Å². The lowest BCUT2D eigenvalue weighted by atomic mass is 9.98. The topological polar surface area (TPSA) is 37.2 Å². The van der Waals surface area contributed by atoms with E-state index in [0.29, 0.717) is 18.5 Å². The summed E-state index contributed by atoms with van der Waals surface area (Å²) in [4.78, 5) is 0. The molecule has 0 bridgehead atoms. The summed E-state index contributed by atoms with van der Waals surface area (Å²) in [6, 6.07) is 2.54. The van der Waals surface area contributed by atoms with E-state index in [4.69, 9.17) is 5.11 Å². The molecule has 3 heteroatoms. The van der Waals surface area contributed by atoms with Gasteiger partial charge in [0.1, 0.15) is 0 Å². The molecule has 0 radical (unpaired) electrons. The Kier molecular flexibility index (Phi) is 4.85. The summed E-state index contributed by atoms with van der Waals surface area (Å²) in [5, 5.41) is 12.3. The van der Waals surface area contributed by atoms with Gasteiger partial charge in [-0.25, -0.2) is 0 Å². The predicted octanol–water partition coefficient (Wildman–Crippen LogP) is 1.79. The molecule has 1 rings (SSSR count). The first-order valence-electron chi connectivity index (χ1n) is 5.69. The largest absolute Gasteiger partial charge is 0.395 e. The Hall–Kier alpha value is -0.800. The van der Waals surface area contributed by atoms with Gasteiger partial charge in [-0.05, 0) is 24.1 Å². The molecule has 0 aromatic carbocycles. The normalized spacial score (nSPS) is 13.4. The van der Waals surface area contributed by atoms with Gasteiger partial charge >= 0.3 is 0 Å². The lowest BCUT2D eigenvalue weighted by Gasteiger charge is -2.20. The van der Waals surface area contributed by atoms with E-state index >= 15 is 0 Å². The second-order valence-corrected chi connectivity index (χ2v) is 4.19. The molecule has 3 nitrogen and oxygen atoms in total. The van der Waals surface area contributed by atoms with Crippen LogP contribution in [0.2, 0.25) is 0 Å². The van der Waals surface area contributed by atoms with Crippen molar-refractivity contribution in [1.29, 1.82) is 0 Å². The van der Waals surface area contributed by atoms with Crippen LogP contribution in [0.15, 0.2) is 18.5 Å². The minimum Gasteiger partial charge on any atom is -0.395 e. The van der Waals surface area contributed by atoms with Gasteiger partial charge in [-0.15, -0.1) is 0 Å². The third-order valence-electron chi connectivity index (χ3n) is 2.58. The van der Waals surface area contributed by atoms with Crippen molar-refractivity contribution in [3.8, 4) is 0 Å². The van der Waals surface area contributed by atoms with Crippen LogP contribution < -0.4 is 5.32 Å². The first kappa shape index (κ1) is 12.3. The number of aliphatic hydroxyl groups excluding tert-OH is 1. The highest BCUT2D eigenvalue weighted by atomic mass is 16.3. The first-order valence-corrected chi connectivity index (χ1v) is 5.69. The van der Waals surface area contributed by atoms with Crippen LogP contribution in [0.1, 0.15) is 32.4 Å². The smallest absolute Gasteiger partial charge is 0.0610 e. The van der Waals surface area contributed by atoms with Gasteiger partial charge in [-0.1, -0.05) is 20.8 Å². The van der Waals surface area contributed by atoms with Crippen molar-refractivity contribution >= 4 is 0 Å². The summed E-state index contributed by atoms with van der Waals surface area (Å²) >= 11 is 0. The summed E-state index contributed by atoms with van der Waals surface area (Å²) in [7, 11) is 0. The van der Waals surface area contributed by atoms with E-state index in [-0.39, 0.29) is 6.61 Å². The minimum absolute atomic E-state index is 0.196. The summed E-state index contributed by atoms with van der Waals surface area (Å²) < 4.78 is 2.03. The SMILES string of the molecule is CCNC(c1ccn(CCO)c1)C(C)C. The van der Waals surface area contributed by atoms with Gasteiger partial charge in [0.05, 0.1) is 6.61 Å². The number of nitrogens with zero attached hydrogens (tertiary/aromatic N) is 1. The summed E-state index contributed by atoms with van der Waals surface area (Å²) in [5.41, 5.74) is 1.31. The fraction of sp³-hybridized carbons (Fsp3) is 0.667. The van der Waals surface area contributed by atoms with E-state index in [1.807, 2.05) is 10.8 Å². The molecule has 15 heavy (non-hydrogen) atoms. The van der Waals surface area contributed by atoms with E-state index in [0.717, 1.165) is 6.54 Å². The molecule has 0 amide bonds. The Morgan fingerprint density at radius 3 is 2.73 bits per heavy atom. The Bertz CT molecular complexity index is 281. The van der Waals surface area contributed by atoms with Crippen LogP contribution in [-0.4, -0.2) is 22.8 Å². The van der Waals surface area contributed by atoms with Crippen LogP contribution in [-0.2, 0) is 6.54 Å². The molecule has 1 aromatic heterocycles. The van der Waals surface area contributed by atoms with Crippen molar-refractivity contribution in [3.05, 3.63) is 24.0 Å². The zero-order chi connectivity index (χ0) is 11.3. The third kappa shape index (κ3) is 3.36. The highest BCUT2D eigenvalue weighted by Gasteiger charge is 2.15. The Labute approximate surface area is 92.1 Å². The number of aliphatic hydroxyl groups is 1. The third-order valence-corrected chi connectivity index (χ3v) is 2.58. The van der Waals surface area contributed by atoms with Gasteiger partial charge in [-0.3, -0.25) is 0 Å². The summed E-state index contributed by atoms with van der Waals surface area (Å²) in [6.07, 6.45) is 4.14. The number of hydrogen-bond acceptors (Lipinski definition) is 2. The van der Waals surface area contributed by atoms with Crippen molar-refractivity contribution in [2.45, 2.75) is 33.4 Å². The molecule has 1 atom stereocenters. The minimum atomic E-state index is 0.196. The fourth-order valence-electron chi connectivity index (χ4n) is 1.86. The van der Waals surface area contributed by atoms with Crippen molar-refractivity contribution in [1.82, 2.24) is 9.88 Å². The molecule has 0 aliphatic heterocycles. The molecule has 86 valence electrons. The maximum Gasteiger partial charge on any atom is 0.0610 e. The molecular weight excluding hydrogens is 188 g/mol. The molecule has 0 saturated heterocycles. The average Bonchev–Trinajstić information content (AvgIpc) is 2.62. The molecule has 0 spiro atoms. The van der Waals surface area contributed by atoms with Gasteiger partial charge in [0.25, 0.3) is 0 Å². The van der Waals surface area contributed by atoms with Crippen LogP contribution in [0.4, 0.5) is 0 Å². The van der Waals surface area contributed by atoms with Gasteiger partial charge in [0.15, 0.2) is 0 Å². The van der Waals surface area contributed by atoms with Gasteiger partial charge in [-0.2, -0.15) is 0 Å². The lowest BCUT2D eigenvalue weighted by molar-refractivity contribution is 0.276. The predicted molar refractivity (Wildman–Crippen MR) is 62.8 cm³/mol. The molecular formula is C12H22N2O. The summed E-state index contributed by atoms with van der Waals surface area (Å²) in [5.74, 6) is 0.579. The monoisotopic (exact) mass is 210 g/mol. The Morgan fingerprint density at radius 1 is 1.47 bits per heavy atom. The standard InChI is InChI=1S/C12H22N2O/c1-4-13-12(10(2)3)11-5-6-14(9-11)7-8-15/h5-6,9-10,12-13,15H,4,7-8H2,1-3H3. The Balaban J connectivity index is 2.72. The zero-order valence-corrected chi connectivity index (χ0v) is 9.90. The van der Waals surface area contributed by atoms with E-state index in [1.54, 1.807) is 0 Å².